The molecule has 6 nitrogen and oxygen atoms in total. The summed E-state index contributed by atoms with van der Waals surface area (Å²) in [6, 6.07) is 1.97. The maximum Gasteiger partial charge on any atom is 0.225 e. The van der Waals surface area contributed by atoms with Crippen molar-refractivity contribution in [3.8, 4) is 11.3 Å². The van der Waals surface area contributed by atoms with Gasteiger partial charge in [0, 0.05) is 24.5 Å². The highest BCUT2D eigenvalue weighted by molar-refractivity contribution is 5.91. The number of hydrogen-bond donors (Lipinski definition) is 2. The summed E-state index contributed by atoms with van der Waals surface area (Å²) in [5.41, 5.74) is 3.75. The summed E-state index contributed by atoms with van der Waals surface area (Å²) in [6.45, 7) is 4.97. The van der Waals surface area contributed by atoms with Crippen molar-refractivity contribution in [3.63, 3.8) is 0 Å². The molecular formula is C14H16N6. The average Bonchev–Trinajstić information content (AvgIpc) is 2.93. The molecule has 102 valence electrons. The highest BCUT2D eigenvalue weighted by Crippen LogP contribution is 2.27. The Balaban J connectivity index is 2.17. The number of H-pyrrole nitrogens is 1. The number of fused-ring (bicyclic) bond motifs is 1. The van der Waals surface area contributed by atoms with Crippen molar-refractivity contribution in [1.82, 2.24) is 25.1 Å². The molecule has 0 aliphatic rings. The summed E-state index contributed by atoms with van der Waals surface area (Å²) in [5, 5.41) is 11.1. The number of aromatic amines is 1. The third-order valence-electron chi connectivity index (χ3n) is 3.12. The van der Waals surface area contributed by atoms with E-state index in [2.05, 4.69) is 37.4 Å². The van der Waals surface area contributed by atoms with E-state index < -0.39 is 0 Å². The van der Waals surface area contributed by atoms with E-state index >= 15 is 0 Å². The lowest BCUT2D eigenvalue weighted by atomic mass is 10.1. The van der Waals surface area contributed by atoms with Gasteiger partial charge in [0.25, 0.3) is 0 Å². The highest BCUT2D eigenvalue weighted by atomic mass is 15.2. The van der Waals surface area contributed by atoms with Crippen LogP contribution in [-0.2, 0) is 0 Å². The molecule has 6 heteroatoms. The lowest BCUT2D eigenvalue weighted by Crippen LogP contribution is -2.05. The predicted octanol–water partition coefficient (Wildman–Crippen LogP) is 2.55. The van der Waals surface area contributed by atoms with Gasteiger partial charge in [-0.2, -0.15) is 10.1 Å². The van der Waals surface area contributed by atoms with Crippen LogP contribution in [0.5, 0.6) is 0 Å². The van der Waals surface area contributed by atoms with Gasteiger partial charge in [0.15, 0.2) is 5.65 Å². The predicted molar refractivity (Wildman–Crippen MR) is 78.4 cm³/mol. The first kappa shape index (κ1) is 12.5. The molecule has 0 radical (unpaired) electrons. The molecule has 0 aliphatic heterocycles. The first-order valence-corrected chi connectivity index (χ1v) is 6.65. The van der Waals surface area contributed by atoms with E-state index in [1.54, 1.807) is 12.4 Å². The van der Waals surface area contributed by atoms with Crippen LogP contribution in [0.1, 0.15) is 18.9 Å². The zero-order chi connectivity index (χ0) is 13.9. The Morgan fingerprint density at radius 2 is 2.15 bits per heavy atom. The number of aryl methyl sites for hydroxylation is 1. The molecule has 0 atom stereocenters. The SMILES string of the molecule is CCCNc1nc(-c2ccncc2C)c2cn[nH]c2n1. The number of nitrogens with one attached hydrogen (secondary N) is 2. The van der Waals surface area contributed by atoms with E-state index in [-0.39, 0.29) is 0 Å². The monoisotopic (exact) mass is 268 g/mol. The maximum atomic E-state index is 4.63. The number of anilines is 1. The fourth-order valence-corrected chi connectivity index (χ4v) is 2.10. The van der Waals surface area contributed by atoms with Crippen LogP contribution in [0, 0.1) is 6.92 Å². The summed E-state index contributed by atoms with van der Waals surface area (Å²) < 4.78 is 0. The third-order valence-corrected chi connectivity index (χ3v) is 3.12. The van der Waals surface area contributed by atoms with Gasteiger partial charge in [0.05, 0.1) is 17.3 Å². The normalized spacial score (nSPS) is 10.9. The smallest absolute Gasteiger partial charge is 0.225 e. The van der Waals surface area contributed by atoms with Crippen molar-refractivity contribution < 1.29 is 0 Å². The maximum absolute atomic E-state index is 4.63. The second-order valence-corrected chi connectivity index (χ2v) is 4.65. The summed E-state index contributed by atoms with van der Waals surface area (Å²) in [5.74, 6) is 0.620. The van der Waals surface area contributed by atoms with Gasteiger partial charge < -0.3 is 5.32 Å². The van der Waals surface area contributed by atoms with Crippen molar-refractivity contribution in [1.29, 1.82) is 0 Å². The van der Waals surface area contributed by atoms with Gasteiger partial charge in [-0.15, -0.1) is 0 Å². The Morgan fingerprint density at radius 1 is 1.25 bits per heavy atom. The van der Waals surface area contributed by atoms with Crippen LogP contribution < -0.4 is 5.32 Å². The Bertz CT molecular complexity index is 733. The van der Waals surface area contributed by atoms with Gasteiger partial charge in [-0.3, -0.25) is 10.1 Å². The molecule has 0 bridgehead atoms. The van der Waals surface area contributed by atoms with Gasteiger partial charge in [-0.05, 0) is 25.0 Å². The molecule has 3 heterocycles. The first-order chi connectivity index (χ1) is 9.79. The minimum absolute atomic E-state index is 0.620. The van der Waals surface area contributed by atoms with Crippen LogP contribution in [0.3, 0.4) is 0 Å². The van der Waals surface area contributed by atoms with Gasteiger partial charge in [0.2, 0.25) is 5.95 Å². The zero-order valence-electron chi connectivity index (χ0n) is 11.5. The second kappa shape index (κ2) is 5.24. The number of hydrogen-bond acceptors (Lipinski definition) is 5. The van der Waals surface area contributed by atoms with Crippen molar-refractivity contribution in [2.75, 3.05) is 11.9 Å². The van der Waals surface area contributed by atoms with Crippen LogP contribution in [0.25, 0.3) is 22.3 Å². The molecule has 0 unspecified atom stereocenters. The molecule has 0 aromatic carbocycles. The second-order valence-electron chi connectivity index (χ2n) is 4.65. The molecular weight excluding hydrogens is 252 g/mol. The summed E-state index contributed by atoms with van der Waals surface area (Å²) in [6.07, 6.45) is 6.39. The molecule has 2 N–H and O–H groups in total. The lowest BCUT2D eigenvalue weighted by Gasteiger charge is -2.08. The number of pyridine rings is 1. The van der Waals surface area contributed by atoms with Crippen molar-refractivity contribution >= 4 is 17.0 Å². The molecule has 20 heavy (non-hydrogen) atoms. The quantitative estimate of drug-likeness (QED) is 0.760. The summed E-state index contributed by atoms with van der Waals surface area (Å²) in [4.78, 5) is 13.2. The van der Waals surface area contributed by atoms with E-state index in [0.29, 0.717) is 5.95 Å². The minimum atomic E-state index is 0.620. The number of rotatable bonds is 4. The molecule has 0 saturated heterocycles. The third kappa shape index (κ3) is 2.20. The average molecular weight is 268 g/mol. The van der Waals surface area contributed by atoms with Crippen LogP contribution >= 0.6 is 0 Å². The van der Waals surface area contributed by atoms with Gasteiger partial charge in [0.1, 0.15) is 0 Å². The molecule has 0 saturated carbocycles. The Hall–Kier alpha value is -2.50. The molecule has 0 amide bonds. The topological polar surface area (TPSA) is 79.4 Å². The number of aromatic nitrogens is 5. The molecule has 3 aromatic heterocycles. The van der Waals surface area contributed by atoms with Crippen LogP contribution in [0.15, 0.2) is 24.7 Å². The van der Waals surface area contributed by atoms with Crippen molar-refractivity contribution in [3.05, 3.63) is 30.2 Å². The minimum Gasteiger partial charge on any atom is -0.354 e. The van der Waals surface area contributed by atoms with Crippen LogP contribution in [0.2, 0.25) is 0 Å². The van der Waals surface area contributed by atoms with E-state index in [0.717, 1.165) is 40.8 Å². The first-order valence-electron chi connectivity index (χ1n) is 6.65. The lowest BCUT2D eigenvalue weighted by molar-refractivity contribution is 0.955. The van der Waals surface area contributed by atoms with Crippen LogP contribution in [-0.4, -0.2) is 31.7 Å². The fourth-order valence-electron chi connectivity index (χ4n) is 2.10. The van der Waals surface area contributed by atoms with E-state index in [1.807, 2.05) is 19.2 Å². The van der Waals surface area contributed by atoms with Gasteiger partial charge in [-0.1, -0.05) is 6.92 Å². The zero-order valence-corrected chi connectivity index (χ0v) is 11.5. The largest absolute Gasteiger partial charge is 0.354 e. The Kier molecular flexibility index (Phi) is 3.28. The molecule has 3 aromatic rings. The van der Waals surface area contributed by atoms with Gasteiger partial charge >= 0.3 is 0 Å². The Morgan fingerprint density at radius 3 is 2.95 bits per heavy atom. The molecule has 0 fully saturated rings. The fraction of sp³-hybridized carbons (Fsp3) is 0.286. The standard InChI is InChI=1S/C14H16N6/c1-3-5-16-14-18-12(10-4-6-15-7-9(10)2)11-8-17-20-13(11)19-14/h4,6-8H,3,5H2,1-2H3,(H2,16,17,18,19,20). The van der Waals surface area contributed by atoms with E-state index in [9.17, 15) is 0 Å². The Labute approximate surface area is 116 Å². The molecule has 0 aliphatic carbocycles. The van der Waals surface area contributed by atoms with Crippen molar-refractivity contribution in [2.24, 2.45) is 0 Å². The van der Waals surface area contributed by atoms with E-state index in [1.165, 1.54) is 0 Å². The highest BCUT2D eigenvalue weighted by Gasteiger charge is 2.12. The van der Waals surface area contributed by atoms with Crippen LogP contribution in [0.4, 0.5) is 5.95 Å². The number of nitrogens with zero attached hydrogens (tertiary/aromatic N) is 4. The van der Waals surface area contributed by atoms with E-state index in [4.69, 9.17) is 0 Å². The summed E-state index contributed by atoms with van der Waals surface area (Å²) >= 11 is 0. The molecule has 0 spiro atoms. The van der Waals surface area contributed by atoms with Gasteiger partial charge in [-0.25, -0.2) is 4.98 Å². The van der Waals surface area contributed by atoms with Crippen molar-refractivity contribution in [2.45, 2.75) is 20.3 Å². The molecule has 3 rings (SSSR count). The summed E-state index contributed by atoms with van der Waals surface area (Å²) in [7, 11) is 0.